The fourth-order valence-corrected chi connectivity index (χ4v) is 4.68. The third-order valence-electron chi connectivity index (χ3n) is 6.38. The van der Waals surface area contributed by atoms with Crippen LogP contribution in [0.2, 0.25) is 0 Å². The van der Waals surface area contributed by atoms with E-state index in [0.29, 0.717) is 31.9 Å². The Kier molecular flexibility index (Phi) is 6.24. The molecule has 1 aromatic carbocycles. The minimum Gasteiger partial charge on any atom is -0.406 e. The number of morpholine rings is 1. The molecule has 9 nitrogen and oxygen atoms in total. The van der Waals surface area contributed by atoms with Gasteiger partial charge in [-0.05, 0) is 42.5 Å². The molecule has 2 aromatic heterocycles. The van der Waals surface area contributed by atoms with E-state index in [1.165, 1.54) is 6.07 Å². The summed E-state index contributed by atoms with van der Waals surface area (Å²) in [5.74, 6) is 0.168. The van der Waals surface area contributed by atoms with Crippen LogP contribution < -0.4 is 15.8 Å². The van der Waals surface area contributed by atoms with Crippen molar-refractivity contribution in [2.75, 3.05) is 38.5 Å². The highest BCUT2D eigenvalue weighted by Gasteiger charge is 2.32. The van der Waals surface area contributed by atoms with E-state index in [1.807, 2.05) is 6.07 Å². The number of pyridine rings is 1. The van der Waals surface area contributed by atoms with E-state index in [4.69, 9.17) is 10.5 Å². The van der Waals surface area contributed by atoms with E-state index in [9.17, 15) is 18.0 Å². The monoisotopic (exact) mass is 490 g/mol. The molecular weight excluding hydrogens is 465 g/mol. The summed E-state index contributed by atoms with van der Waals surface area (Å²) in [7, 11) is 0. The normalized spacial score (nSPS) is 19.7. The lowest BCUT2D eigenvalue weighted by molar-refractivity contribution is -0.274. The summed E-state index contributed by atoms with van der Waals surface area (Å²) < 4.78 is 47.0. The fraction of sp³-hybridized carbons (Fsp3) is 0.435. The Balaban J connectivity index is 1.27. The first-order chi connectivity index (χ1) is 16.8. The maximum Gasteiger partial charge on any atom is 0.573 e. The molecule has 5 rings (SSSR count). The Morgan fingerprint density at radius 2 is 2.03 bits per heavy atom. The van der Waals surface area contributed by atoms with E-state index in [0.717, 1.165) is 48.4 Å². The third-order valence-corrected chi connectivity index (χ3v) is 6.38. The lowest BCUT2D eigenvalue weighted by atomic mass is 9.89. The number of nitrogens with one attached hydrogen (secondary N) is 2. The van der Waals surface area contributed by atoms with Crippen molar-refractivity contribution >= 4 is 22.8 Å². The van der Waals surface area contributed by atoms with Crippen molar-refractivity contribution in [2.24, 2.45) is 0 Å². The van der Waals surface area contributed by atoms with Crippen molar-refractivity contribution in [1.29, 1.82) is 0 Å². The van der Waals surface area contributed by atoms with Gasteiger partial charge in [0.15, 0.2) is 5.65 Å². The topological polar surface area (TPSA) is 118 Å². The van der Waals surface area contributed by atoms with Crippen molar-refractivity contribution in [2.45, 2.75) is 31.2 Å². The summed E-state index contributed by atoms with van der Waals surface area (Å²) in [4.78, 5) is 27.1. The Labute approximate surface area is 198 Å². The quantitative estimate of drug-likeness (QED) is 0.481. The van der Waals surface area contributed by atoms with Crippen molar-refractivity contribution in [1.82, 2.24) is 25.2 Å². The van der Waals surface area contributed by atoms with Gasteiger partial charge < -0.3 is 30.4 Å². The molecule has 4 N–H and O–H groups in total. The van der Waals surface area contributed by atoms with Crippen LogP contribution in [0.4, 0.5) is 18.9 Å². The molecule has 0 aliphatic carbocycles. The number of nitrogen functional groups attached to an aromatic ring is 1. The number of imidazole rings is 1. The lowest BCUT2D eigenvalue weighted by Gasteiger charge is -2.32. The summed E-state index contributed by atoms with van der Waals surface area (Å²) in [5, 5.41) is 3.29. The molecule has 0 spiro atoms. The summed E-state index contributed by atoms with van der Waals surface area (Å²) >= 11 is 0. The molecule has 0 bridgehead atoms. The first-order valence-corrected chi connectivity index (χ1v) is 11.4. The van der Waals surface area contributed by atoms with Crippen LogP contribution in [0.25, 0.3) is 11.2 Å². The average Bonchev–Trinajstić information content (AvgIpc) is 3.28. The number of halogens is 3. The highest BCUT2D eigenvalue weighted by molar-refractivity contribution is 5.99. The van der Waals surface area contributed by atoms with E-state index in [2.05, 4.69) is 25.0 Å². The molecule has 2 aliphatic heterocycles. The largest absolute Gasteiger partial charge is 0.573 e. The average molecular weight is 490 g/mol. The number of ether oxygens (including phenoxy) is 2. The Bertz CT molecular complexity index is 1220. The molecule has 2 aliphatic rings. The first kappa shape index (κ1) is 23.4. The predicted octanol–water partition coefficient (Wildman–Crippen LogP) is 3.12. The van der Waals surface area contributed by atoms with Gasteiger partial charge >= 0.3 is 6.36 Å². The second-order valence-corrected chi connectivity index (χ2v) is 8.65. The summed E-state index contributed by atoms with van der Waals surface area (Å²) in [5.41, 5.74) is 8.58. The van der Waals surface area contributed by atoms with Crippen LogP contribution in [0.15, 0.2) is 30.5 Å². The fourth-order valence-electron chi connectivity index (χ4n) is 4.68. The van der Waals surface area contributed by atoms with Gasteiger partial charge in [-0.2, -0.15) is 0 Å². The number of nitrogens with zero attached hydrogens (tertiary/aromatic N) is 3. The van der Waals surface area contributed by atoms with E-state index in [-0.39, 0.29) is 29.2 Å². The first-order valence-electron chi connectivity index (χ1n) is 11.4. The Morgan fingerprint density at radius 1 is 1.23 bits per heavy atom. The third kappa shape index (κ3) is 5.03. The van der Waals surface area contributed by atoms with Crippen LogP contribution in [0, 0.1) is 0 Å². The van der Waals surface area contributed by atoms with Crippen molar-refractivity contribution < 1.29 is 27.4 Å². The number of hydrogen-bond donors (Lipinski definition) is 3. The van der Waals surface area contributed by atoms with Crippen LogP contribution in [0.3, 0.4) is 0 Å². The molecule has 1 amide bonds. The number of aromatic amines is 1. The molecule has 12 heteroatoms. The number of aromatic nitrogens is 3. The number of alkyl halides is 3. The summed E-state index contributed by atoms with van der Waals surface area (Å²) in [6, 6.07) is 5.36. The van der Waals surface area contributed by atoms with Gasteiger partial charge in [0, 0.05) is 44.1 Å². The number of amides is 1. The number of nitrogens with two attached hydrogens (primary N) is 1. The summed E-state index contributed by atoms with van der Waals surface area (Å²) in [6.07, 6.45) is -1.80. The second-order valence-electron chi connectivity index (χ2n) is 8.65. The number of benzene rings is 1. The van der Waals surface area contributed by atoms with Crippen LogP contribution in [-0.2, 0) is 4.74 Å². The zero-order chi connectivity index (χ0) is 24.6. The van der Waals surface area contributed by atoms with E-state index in [1.54, 1.807) is 11.1 Å². The van der Waals surface area contributed by atoms with Gasteiger partial charge in [0.05, 0.1) is 17.7 Å². The van der Waals surface area contributed by atoms with Gasteiger partial charge in [-0.3, -0.25) is 4.79 Å². The van der Waals surface area contributed by atoms with Crippen molar-refractivity contribution in [3.05, 3.63) is 47.4 Å². The van der Waals surface area contributed by atoms with Gasteiger partial charge in [-0.1, -0.05) is 0 Å². The molecule has 35 heavy (non-hydrogen) atoms. The van der Waals surface area contributed by atoms with Crippen LogP contribution in [0.1, 0.15) is 46.6 Å². The maximum absolute atomic E-state index is 13.0. The molecule has 3 aromatic rings. The molecule has 2 saturated heterocycles. The second kappa shape index (κ2) is 9.34. The van der Waals surface area contributed by atoms with Gasteiger partial charge in [0.2, 0.25) is 0 Å². The Morgan fingerprint density at radius 3 is 2.71 bits per heavy atom. The maximum atomic E-state index is 13.0. The number of carbonyl (C=O) groups is 1. The van der Waals surface area contributed by atoms with Gasteiger partial charge in [0.1, 0.15) is 17.7 Å². The number of carbonyl (C=O) groups excluding carboxylic acids is 1. The minimum absolute atomic E-state index is 0.0564. The van der Waals surface area contributed by atoms with Crippen LogP contribution >= 0.6 is 0 Å². The predicted molar refractivity (Wildman–Crippen MR) is 121 cm³/mol. The van der Waals surface area contributed by atoms with Gasteiger partial charge in [-0.15, -0.1) is 13.2 Å². The number of fused-ring (bicyclic) bond motifs is 1. The highest BCUT2D eigenvalue weighted by Crippen LogP contribution is 2.34. The molecule has 0 radical (unpaired) electrons. The zero-order valence-corrected chi connectivity index (χ0v) is 18.8. The van der Waals surface area contributed by atoms with Crippen LogP contribution in [0.5, 0.6) is 5.75 Å². The smallest absolute Gasteiger partial charge is 0.406 e. The number of rotatable bonds is 4. The SMILES string of the molecule is Nc1cc(OC(F)(F)F)ccc1C(=O)N1CCC(c2ccnc3nc([C@@H]4CNCCO4)[nH]c23)CC1. The Hall–Kier alpha value is -3.38. The summed E-state index contributed by atoms with van der Waals surface area (Å²) in [6.45, 7) is 3.10. The number of hydrogen-bond acceptors (Lipinski definition) is 7. The van der Waals surface area contributed by atoms with E-state index >= 15 is 0 Å². The molecule has 4 heterocycles. The number of H-pyrrole nitrogens is 1. The molecule has 186 valence electrons. The number of likely N-dealkylation sites (tertiary alicyclic amines) is 1. The van der Waals surface area contributed by atoms with Crippen molar-refractivity contribution in [3.63, 3.8) is 0 Å². The lowest BCUT2D eigenvalue weighted by Crippen LogP contribution is -2.38. The van der Waals surface area contributed by atoms with Crippen molar-refractivity contribution in [3.8, 4) is 5.75 Å². The molecule has 0 saturated carbocycles. The number of piperidine rings is 1. The highest BCUT2D eigenvalue weighted by atomic mass is 19.4. The molecule has 1 atom stereocenters. The van der Waals surface area contributed by atoms with E-state index < -0.39 is 12.1 Å². The standard InChI is InChI=1S/C23H25F3N6O3/c24-23(25,26)35-14-1-2-16(17(27)11-14)22(33)32-8-4-13(5-9-32)15-3-6-29-21-19(15)30-20(31-21)18-12-28-7-10-34-18/h1-3,6,11,13,18,28H,4-5,7-10,12,27H2,(H,29,30,31)/t18-/m0/s1. The van der Waals surface area contributed by atoms with Crippen LogP contribution in [-0.4, -0.2) is 64.9 Å². The molecule has 2 fully saturated rings. The minimum atomic E-state index is -4.83. The molecule has 0 unspecified atom stereocenters. The molecular formula is C23H25F3N6O3. The van der Waals surface area contributed by atoms with Gasteiger partial charge in [-0.25, -0.2) is 9.97 Å². The zero-order valence-electron chi connectivity index (χ0n) is 18.8. The number of anilines is 1. The van der Waals surface area contributed by atoms with Gasteiger partial charge in [0.25, 0.3) is 5.91 Å².